The van der Waals surface area contributed by atoms with Gasteiger partial charge in [0, 0.05) is 11.3 Å². The Morgan fingerprint density at radius 1 is 1.00 bits per heavy atom. The summed E-state index contributed by atoms with van der Waals surface area (Å²) >= 11 is 0. The van der Waals surface area contributed by atoms with Crippen LogP contribution in [0.25, 0.3) is 0 Å². The fraction of sp³-hybridized carbons (Fsp3) is 0.0625. The molecule has 0 aliphatic heterocycles. The van der Waals surface area contributed by atoms with Crippen molar-refractivity contribution in [1.29, 1.82) is 5.26 Å². The SMILES string of the molecule is CC(=O)c1ccccc1C(=O)Nc1ccc(C#N)cc1. The fourth-order valence-electron chi connectivity index (χ4n) is 1.81. The molecule has 0 radical (unpaired) electrons. The first kappa shape index (κ1) is 13.5. The van der Waals surface area contributed by atoms with Crippen LogP contribution in [0, 0.1) is 11.3 Å². The number of nitrogens with zero attached hydrogens (tertiary/aromatic N) is 1. The standard InChI is InChI=1S/C16H12N2O2/c1-11(19)14-4-2-3-5-15(14)16(20)18-13-8-6-12(10-17)7-9-13/h2-9H,1H3,(H,18,20). The van der Waals surface area contributed by atoms with Crippen LogP contribution in [0.3, 0.4) is 0 Å². The number of carbonyl (C=O) groups excluding carboxylic acids is 2. The van der Waals surface area contributed by atoms with Crippen LogP contribution in [0.4, 0.5) is 5.69 Å². The summed E-state index contributed by atoms with van der Waals surface area (Å²) in [7, 11) is 0. The molecule has 0 aliphatic carbocycles. The molecule has 1 amide bonds. The zero-order chi connectivity index (χ0) is 14.5. The van der Waals surface area contributed by atoms with Gasteiger partial charge in [-0.2, -0.15) is 5.26 Å². The summed E-state index contributed by atoms with van der Waals surface area (Å²) in [4.78, 5) is 23.7. The Morgan fingerprint density at radius 2 is 1.60 bits per heavy atom. The van der Waals surface area contributed by atoms with Gasteiger partial charge in [-0.15, -0.1) is 0 Å². The maximum absolute atomic E-state index is 12.2. The van der Waals surface area contributed by atoms with Gasteiger partial charge in [-0.1, -0.05) is 18.2 Å². The molecule has 4 heteroatoms. The van der Waals surface area contributed by atoms with E-state index in [-0.39, 0.29) is 11.7 Å². The predicted molar refractivity (Wildman–Crippen MR) is 75.6 cm³/mol. The molecule has 0 fully saturated rings. The quantitative estimate of drug-likeness (QED) is 0.866. The summed E-state index contributed by atoms with van der Waals surface area (Å²) in [5.41, 5.74) is 1.82. The molecule has 0 spiro atoms. The molecule has 20 heavy (non-hydrogen) atoms. The Morgan fingerprint density at radius 3 is 2.15 bits per heavy atom. The Kier molecular flexibility index (Phi) is 3.92. The van der Waals surface area contributed by atoms with Gasteiger partial charge in [0.15, 0.2) is 5.78 Å². The van der Waals surface area contributed by atoms with Crippen molar-refractivity contribution >= 4 is 17.4 Å². The minimum atomic E-state index is -0.347. The molecule has 98 valence electrons. The van der Waals surface area contributed by atoms with E-state index in [0.29, 0.717) is 22.4 Å². The number of hydrogen-bond donors (Lipinski definition) is 1. The average Bonchev–Trinajstić information content (AvgIpc) is 2.48. The smallest absolute Gasteiger partial charge is 0.256 e. The molecule has 2 rings (SSSR count). The lowest BCUT2D eigenvalue weighted by atomic mass is 10.0. The van der Waals surface area contributed by atoms with Crippen LogP contribution in [0.2, 0.25) is 0 Å². The molecule has 0 heterocycles. The number of hydrogen-bond acceptors (Lipinski definition) is 3. The normalized spacial score (nSPS) is 9.60. The third-order valence-corrected chi connectivity index (χ3v) is 2.82. The highest BCUT2D eigenvalue weighted by Crippen LogP contribution is 2.14. The second-order valence-corrected chi connectivity index (χ2v) is 4.25. The molecule has 4 nitrogen and oxygen atoms in total. The van der Waals surface area contributed by atoms with Crippen molar-refractivity contribution in [2.45, 2.75) is 6.92 Å². The number of rotatable bonds is 3. The predicted octanol–water partition coefficient (Wildman–Crippen LogP) is 3.01. The average molecular weight is 264 g/mol. The lowest BCUT2D eigenvalue weighted by Crippen LogP contribution is -2.15. The van der Waals surface area contributed by atoms with Crippen molar-refractivity contribution in [1.82, 2.24) is 0 Å². The maximum atomic E-state index is 12.2. The lowest BCUT2D eigenvalue weighted by molar-refractivity contribution is 0.0985. The van der Waals surface area contributed by atoms with Gasteiger partial charge in [-0.05, 0) is 37.3 Å². The van der Waals surface area contributed by atoms with Crippen molar-refractivity contribution < 1.29 is 9.59 Å². The third-order valence-electron chi connectivity index (χ3n) is 2.82. The van der Waals surface area contributed by atoms with Gasteiger partial charge in [0.1, 0.15) is 0 Å². The first-order chi connectivity index (χ1) is 9.61. The van der Waals surface area contributed by atoms with E-state index in [1.165, 1.54) is 6.92 Å². The summed E-state index contributed by atoms with van der Waals surface area (Å²) < 4.78 is 0. The Hall–Kier alpha value is -2.93. The topological polar surface area (TPSA) is 70.0 Å². The van der Waals surface area contributed by atoms with Gasteiger partial charge in [0.2, 0.25) is 0 Å². The van der Waals surface area contributed by atoms with E-state index in [1.807, 2.05) is 6.07 Å². The summed E-state index contributed by atoms with van der Waals surface area (Å²) in [5, 5.41) is 11.4. The molecule has 1 N–H and O–H groups in total. The van der Waals surface area contributed by atoms with Crippen LogP contribution in [0.1, 0.15) is 33.2 Å². The van der Waals surface area contributed by atoms with Gasteiger partial charge in [0.05, 0.1) is 17.2 Å². The molecular formula is C16H12N2O2. The fourth-order valence-corrected chi connectivity index (χ4v) is 1.81. The summed E-state index contributed by atoms with van der Waals surface area (Å²) in [6.45, 7) is 1.42. The van der Waals surface area contributed by atoms with Gasteiger partial charge in [0.25, 0.3) is 5.91 Å². The number of nitrogens with one attached hydrogen (secondary N) is 1. The number of anilines is 1. The van der Waals surface area contributed by atoms with Gasteiger partial charge in [-0.25, -0.2) is 0 Å². The Labute approximate surface area is 116 Å². The first-order valence-electron chi connectivity index (χ1n) is 6.03. The van der Waals surface area contributed by atoms with Gasteiger partial charge >= 0.3 is 0 Å². The zero-order valence-electron chi connectivity index (χ0n) is 10.9. The van der Waals surface area contributed by atoms with Crippen LogP contribution < -0.4 is 5.32 Å². The maximum Gasteiger partial charge on any atom is 0.256 e. The Balaban J connectivity index is 2.24. The molecule has 2 aromatic carbocycles. The monoisotopic (exact) mass is 264 g/mol. The van der Waals surface area contributed by atoms with E-state index in [1.54, 1.807) is 48.5 Å². The summed E-state index contributed by atoms with van der Waals surface area (Å²) in [5.74, 6) is -0.504. The molecule has 0 aliphatic rings. The molecular weight excluding hydrogens is 252 g/mol. The summed E-state index contributed by atoms with van der Waals surface area (Å²) in [6, 6.07) is 15.2. The molecule has 0 saturated carbocycles. The van der Waals surface area contributed by atoms with Crippen molar-refractivity contribution in [2.24, 2.45) is 0 Å². The minimum absolute atomic E-state index is 0.157. The van der Waals surface area contributed by atoms with E-state index >= 15 is 0 Å². The molecule has 0 saturated heterocycles. The van der Waals surface area contributed by atoms with Crippen LogP contribution >= 0.6 is 0 Å². The molecule has 0 unspecified atom stereocenters. The second kappa shape index (κ2) is 5.81. The molecule has 2 aromatic rings. The number of nitriles is 1. The third kappa shape index (κ3) is 2.90. The molecule has 0 bridgehead atoms. The largest absolute Gasteiger partial charge is 0.322 e. The van der Waals surface area contributed by atoms with Crippen LogP contribution in [-0.2, 0) is 0 Å². The Bertz CT molecular complexity index is 697. The van der Waals surface area contributed by atoms with Crippen molar-refractivity contribution in [3.8, 4) is 6.07 Å². The molecule has 0 aromatic heterocycles. The van der Waals surface area contributed by atoms with E-state index in [0.717, 1.165) is 0 Å². The number of ketones is 1. The van der Waals surface area contributed by atoms with E-state index < -0.39 is 0 Å². The van der Waals surface area contributed by atoms with E-state index in [2.05, 4.69) is 5.32 Å². The summed E-state index contributed by atoms with van der Waals surface area (Å²) in [6.07, 6.45) is 0. The zero-order valence-corrected chi connectivity index (χ0v) is 10.9. The van der Waals surface area contributed by atoms with Crippen molar-refractivity contribution in [2.75, 3.05) is 5.32 Å². The number of amides is 1. The lowest BCUT2D eigenvalue weighted by Gasteiger charge is -2.08. The molecule has 0 atom stereocenters. The number of Topliss-reactive ketones (excluding diaryl/α,β-unsaturated/α-hetero) is 1. The van der Waals surface area contributed by atoms with Gasteiger partial charge < -0.3 is 5.32 Å². The van der Waals surface area contributed by atoms with E-state index in [9.17, 15) is 9.59 Å². The van der Waals surface area contributed by atoms with E-state index in [4.69, 9.17) is 5.26 Å². The van der Waals surface area contributed by atoms with Crippen LogP contribution in [0.15, 0.2) is 48.5 Å². The number of carbonyl (C=O) groups is 2. The number of benzene rings is 2. The van der Waals surface area contributed by atoms with Crippen molar-refractivity contribution in [3.63, 3.8) is 0 Å². The van der Waals surface area contributed by atoms with Crippen LogP contribution in [-0.4, -0.2) is 11.7 Å². The second-order valence-electron chi connectivity index (χ2n) is 4.25. The first-order valence-corrected chi connectivity index (χ1v) is 6.03. The highest BCUT2D eigenvalue weighted by atomic mass is 16.2. The van der Waals surface area contributed by atoms with Gasteiger partial charge in [-0.3, -0.25) is 9.59 Å². The minimum Gasteiger partial charge on any atom is -0.322 e. The van der Waals surface area contributed by atoms with Crippen LogP contribution in [0.5, 0.6) is 0 Å². The highest BCUT2D eigenvalue weighted by Gasteiger charge is 2.13. The highest BCUT2D eigenvalue weighted by molar-refractivity contribution is 6.12. The van der Waals surface area contributed by atoms with Crippen molar-refractivity contribution in [3.05, 3.63) is 65.2 Å².